The molecule has 1 aromatic rings. The molecule has 0 aromatic heterocycles. The second-order valence-electron chi connectivity index (χ2n) is 4.95. The van der Waals surface area contributed by atoms with Crippen LogP contribution in [0.2, 0.25) is 0 Å². The average Bonchev–Trinajstić information content (AvgIpc) is 2.89. The fourth-order valence-corrected chi connectivity index (χ4v) is 2.31. The van der Waals surface area contributed by atoms with Crippen molar-refractivity contribution in [2.75, 3.05) is 18.9 Å². The monoisotopic (exact) mass is 262 g/mol. The zero-order valence-electron chi connectivity index (χ0n) is 11.4. The third-order valence-corrected chi connectivity index (χ3v) is 3.32. The summed E-state index contributed by atoms with van der Waals surface area (Å²) >= 11 is 0. The first kappa shape index (κ1) is 13.9. The number of hydrogen-bond acceptors (Lipinski definition) is 3. The highest BCUT2D eigenvalue weighted by Gasteiger charge is 2.16. The van der Waals surface area contributed by atoms with E-state index in [1.165, 1.54) is 12.8 Å². The quantitative estimate of drug-likeness (QED) is 0.828. The van der Waals surface area contributed by atoms with Gasteiger partial charge in [0.2, 0.25) is 5.91 Å². The summed E-state index contributed by atoms with van der Waals surface area (Å²) < 4.78 is 5.92. The molecular formula is C15H22N2O2. The lowest BCUT2D eigenvalue weighted by Gasteiger charge is -2.14. The molecule has 0 aliphatic heterocycles. The minimum atomic E-state index is 0.0207. The van der Waals surface area contributed by atoms with Gasteiger partial charge >= 0.3 is 0 Å². The maximum atomic E-state index is 11.6. The molecule has 2 N–H and O–H groups in total. The van der Waals surface area contributed by atoms with Gasteiger partial charge in [-0.25, -0.2) is 0 Å². The van der Waals surface area contributed by atoms with Gasteiger partial charge in [-0.05, 0) is 44.9 Å². The molecule has 2 rings (SSSR count). The first-order valence-corrected chi connectivity index (χ1v) is 6.99. The molecule has 0 atom stereocenters. The lowest BCUT2D eigenvalue weighted by atomic mass is 10.2. The normalized spacial score (nSPS) is 15.4. The fourth-order valence-electron chi connectivity index (χ4n) is 2.31. The molecule has 0 heterocycles. The molecule has 1 fully saturated rings. The predicted molar refractivity (Wildman–Crippen MR) is 76.5 cm³/mol. The number of carbonyl (C=O) groups is 1. The molecule has 19 heavy (non-hydrogen) atoms. The van der Waals surface area contributed by atoms with Crippen molar-refractivity contribution in [3.05, 3.63) is 24.3 Å². The number of rotatable bonds is 6. The van der Waals surface area contributed by atoms with E-state index in [1.54, 1.807) is 0 Å². The second kappa shape index (κ2) is 7.14. The van der Waals surface area contributed by atoms with Crippen LogP contribution in [0.1, 0.15) is 32.1 Å². The minimum absolute atomic E-state index is 0.0207. The first-order valence-electron chi connectivity index (χ1n) is 6.99. The van der Waals surface area contributed by atoms with Crippen LogP contribution >= 0.6 is 0 Å². The van der Waals surface area contributed by atoms with Gasteiger partial charge in [-0.2, -0.15) is 0 Å². The van der Waals surface area contributed by atoms with Gasteiger partial charge < -0.3 is 15.4 Å². The molecule has 1 aromatic carbocycles. The molecule has 0 saturated heterocycles. The Balaban J connectivity index is 1.88. The molecule has 1 saturated carbocycles. The smallest absolute Gasteiger partial charge is 0.225 e. The van der Waals surface area contributed by atoms with Gasteiger partial charge in [0.15, 0.2) is 0 Å². The van der Waals surface area contributed by atoms with Crippen molar-refractivity contribution >= 4 is 11.6 Å². The maximum Gasteiger partial charge on any atom is 0.225 e. The van der Waals surface area contributed by atoms with E-state index in [9.17, 15) is 4.79 Å². The van der Waals surface area contributed by atoms with Crippen LogP contribution in [-0.4, -0.2) is 25.6 Å². The average molecular weight is 262 g/mol. The number of nitrogens with one attached hydrogen (secondary N) is 2. The van der Waals surface area contributed by atoms with Gasteiger partial charge in [0.25, 0.3) is 0 Å². The standard InChI is InChI=1S/C15H22N2O2/c1-16-10-9-15(18)17-12-5-4-8-14(11-12)19-13-6-2-3-7-13/h4-5,8,11,13,16H,2-3,6-7,9-10H2,1H3,(H,17,18). The van der Waals surface area contributed by atoms with E-state index in [4.69, 9.17) is 4.74 Å². The van der Waals surface area contributed by atoms with E-state index >= 15 is 0 Å². The molecule has 4 heteroatoms. The van der Waals surface area contributed by atoms with E-state index in [0.29, 0.717) is 19.1 Å². The van der Waals surface area contributed by atoms with Crippen molar-refractivity contribution in [1.82, 2.24) is 5.32 Å². The van der Waals surface area contributed by atoms with Gasteiger partial charge in [0, 0.05) is 24.7 Å². The van der Waals surface area contributed by atoms with Crippen LogP contribution in [0.3, 0.4) is 0 Å². The van der Waals surface area contributed by atoms with Crippen molar-refractivity contribution in [2.45, 2.75) is 38.2 Å². The zero-order chi connectivity index (χ0) is 13.5. The van der Waals surface area contributed by atoms with E-state index in [-0.39, 0.29) is 5.91 Å². The van der Waals surface area contributed by atoms with Gasteiger partial charge in [-0.3, -0.25) is 4.79 Å². The summed E-state index contributed by atoms with van der Waals surface area (Å²) in [6, 6.07) is 7.65. The summed E-state index contributed by atoms with van der Waals surface area (Å²) in [7, 11) is 1.84. The highest BCUT2D eigenvalue weighted by Crippen LogP contribution is 2.25. The van der Waals surface area contributed by atoms with Crippen LogP contribution in [0.5, 0.6) is 5.75 Å². The van der Waals surface area contributed by atoms with Crippen molar-refractivity contribution in [3.63, 3.8) is 0 Å². The summed E-state index contributed by atoms with van der Waals surface area (Å²) in [5, 5.41) is 5.84. The Labute approximate surface area is 114 Å². The van der Waals surface area contributed by atoms with Crippen molar-refractivity contribution in [1.29, 1.82) is 0 Å². The van der Waals surface area contributed by atoms with Crippen LogP contribution in [0, 0.1) is 0 Å². The number of benzene rings is 1. The Morgan fingerprint density at radius 1 is 1.37 bits per heavy atom. The van der Waals surface area contributed by atoms with Gasteiger partial charge in [0.05, 0.1) is 6.10 Å². The molecule has 0 radical (unpaired) electrons. The summed E-state index contributed by atoms with van der Waals surface area (Å²) in [6.07, 6.45) is 5.60. The molecule has 104 valence electrons. The summed E-state index contributed by atoms with van der Waals surface area (Å²) in [4.78, 5) is 11.6. The third-order valence-electron chi connectivity index (χ3n) is 3.32. The molecule has 0 spiro atoms. The number of carbonyl (C=O) groups excluding carboxylic acids is 1. The van der Waals surface area contributed by atoms with Crippen LogP contribution < -0.4 is 15.4 Å². The SMILES string of the molecule is CNCCC(=O)Nc1cccc(OC2CCCC2)c1. The van der Waals surface area contributed by atoms with Crippen LogP contribution in [-0.2, 0) is 4.79 Å². The summed E-state index contributed by atoms with van der Waals surface area (Å²) in [6.45, 7) is 0.685. The van der Waals surface area contributed by atoms with Crippen molar-refractivity contribution < 1.29 is 9.53 Å². The van der Waals surface area contributed by atoms with E-state index in [0.717, 1.165) is 24.3 Å². The van der Waals surface area contributed by atoms with Crippen LogP contribution in [0.15, 0.2) is 24.3 Å². The fraction of sp³-hybridized carbons (Fsp3) is 0.533. The number of anilines is 1. The lowest BCUT2D eigenvalue weighted by Crippen LogP contribution is -2.18. The van der Waals surface area contributed by atoms with Crippen molar-refractivity contribution in [2.24, 2.45) is 0 Å². The molecule has 4 nitrogen and oxygen atoms in total. The topological polar surface area (TPSA) is 50.4 Å². The number of amides is 1. The Bertz CT molecular complexity index is 414. The summed E-state index contributed by atoms with van der Waals surface area (Å²) in [5.41, 5.74) is 0.802. The van der Waals surface area contributed by atoms with E-state index in [1.807, 2.05) is 31.3 Å². The predicted octanol–water partition coefficient (Wildman–Crippen LogP) is 2.56. The second-order valence-corrected chi connectivity index (χ2v) is 4.95. The highest BCUT2D eigenvalue weighted by atomic mass is 16.5. The third kappa shape index (κ3) is 4.56. The highest BCUT2D eigenvalue weighted by molar-refractivity contribution is 5.90. The Morgan fingerprint density at radius 3 is 2.89 bits per heavy atom. The van der Waals surface area contributed by atoms with E-state index in [2.05, 4.69) is 10.6 Å². The lowest BCUT2D eigenvalue weighted by molar-refractivity contribution is -0.116. The molecule has 1 amide bonds. The molecule has 0 unspecified atom stereocenters. The molecule has 1 aliphatic carbocycles. The molecule has 1 aliphatic rings. The largest absolute Gasteiger partial charge is 0.490 e. The number of ether oxygens (including phenoxy) is 1. The summed E-state index contributed by atoms with van der Waals surface area (Å²) in [5.74, 6) is 0.866. The minimum Gasteiger partial charge on any atom is -0.490 e. The first-order chi connectivity index (χ1) is 9.28. The maximum absolute atomic E-state index is 11.6. The Morgan fingerprint density at radius 2 is 2.16 bits per heavy atom. The van der Waals surface area contributed by atoms with Crippen LogP contribution in [0.25, 0.3) is 0 Å². The molecule has 0 bridgehead atoms. The Hall–Kier alpha value is -1.55. The van der Waals surface area contributed by atoms with Crippen LogP contribution in [0.4, 0.5) is 5.69 Å². The van der Waals surface area contributed by atoms with E-state index < -0.39 is 0 Å². The molecular weight excluding hydrogens is 240 g/mol. The van der Waals surface area contributed by atoms with Crippen molar-refractivity contribution in [3.8, 4) is 5.75 Å². The van der Waals surface area contributed by atoms with Gasteiger partial charge in [-0.1, -0.05) is 6.07 Å². The van der Waals surface area contributed by atoms with Gasteiger partial charge in [-0.15, -0.1) is 0 Å². The Kier molecular flexibility index (Phi) is 5.21. The zero-order valence-corrected chi connectivity index (χ0v) is 11.4. The number of hydrogen-bond donors (Lipinski definition) is 2. The van der Waals surface area contributed by atoms with Gasteiger partial charge in [0.1, 0.15) is 5.75 Å².